The number of carbonyl (C=O) groups is 2. The van der Waals surface area contributed by atoms with Gasteiger partial charge in [-0.1, -0.05) is 24.8 Å². The van der Waals surface area contributed by atoms with Crippen molar-refractivity contribution in [2.45, 2.75) is 20.0 Å². The van der Waals surface area contributed by atoms with Gasteiger partial charge < -0.3 is 14.6 Å². The van der Waals surface area contributed by atoms with Crippen LogP contribution in [0.2, 0.25) is 0 Å². The molecule has 7 heteroatoms. The lowest BCUT2D eigenvalue weighted by atomic mass is 10.0. The summed E-state index contributed by atoms with van der Waals surface area (Å²) >= 11 is 0. The minimum Gasteiger partial charge on any atom is -0.459 e. The van der Waals surface area contributed by atoms with Crippen LogP contribution in [-0.4, -0.2) is 34.4 Å². The molecule has 0 radical (unpaired) electrons. The predicted octanol–water partition coefficient (Wildman–Crippen LogP) is 4.91. The molecule has 1 amide bonds. The van der Waals surface area contributed by atoms with E-state index in [4.69, 9.17) is 4.74 Å². The van der Waals surface area contributed by atoms with Gasteiger partial charge in [-0.15, -0.1) is 0 Å². The van der Waals surface area contributed by atoms with Crippen LogP contribution in [0, 0.1) is 11.6 Å². The molecule has 0 atom stereocenters. The number of hydrogen-bond acceptors (Lipinski definition) is 3. The Kier molecular flexibility index (Phi) is 5.19. The standard InChI is InChI=1S/C24H20F2N2O3/c1-13(2)31-24(30)17-12-28(23(29)15-8-9-18(25)19(26)10-15)11-14(3)21-16-6-4-5-7-20(16)27-22(17)21/h4-10,12-13,27H,3,11H2,1-2H3. The summed E-state index contributed by atoms with van der Waals surface area (Å²) in [5.41, 5.74) is 2.72. The molecular formula is C24H20F2N2O3. The van der Waals surface area contributed by atoms with Crippen molar-refractivity contribution < 1.29 is 23.1 Å². The number of rotatable bonds is 3. The lowest BCUT2D eigenvalue weighted by Gasteiger charge is -2.19. The Hall–Kier alpha value is -3.74. The second-order valence-electron chi connectivity index (χ2n) is 7.58. The van der Waals surface area contributed by atoms with E-state index in [0.29, 0.717) is 16.8 Å². The molecule has 0 spiro atoms. The Balaban J connectivity index is 1.85. The summed E-state index contributed by atoms with van der Waals surface area (Å²) < 4.78 is 32.4. The van der Waals surface area contributed by atoms with Gasteiger partial charge in [0.25, 0.3) is 5.91 Å². The molecule has 3 aromatic rings. The second kappa shape index (κ2) is 7.83. The van der Waals surface area contributed by atoms with E-state index in [2.05, 4.69) is 11.6 Å². The molecule has 158 valence electrons. The van der Waals surface area contributed by atoms with Crippen LogP contribution in [0.3, 0.4) is 0 Å². The summed E-state index contributed by atoms with van der Waals surface area (Å²) in [4.78, 5) is 30.5. The van der Waals surface area contributed by atoms with Crippen LogP contribution in [0.5, 0.6) is 0 Å². The Morgan fingerprint density at radius 1 is 1.13 bits per heavy atom. The fourth-order valence-corrected chi connectivity index (χ4v) is 3.62. The average molecular weight is 422 g/mol. The van der Waals surface area contributed by atoms with Crippen LogP contribution < -0.4 is 0 Å². The Bertz CT molecular complexity index is 1260. The van der Waals surface area contributed by atoms with Crippen molar-refractivity contribution in [3.8, 4) is 0 Å². The number of amides is 1. The minimum absolute atomic E-state index is 0.0463. The Labute approximate surface area is 177 Å². The monoisotopic (exact) mass is 422 g/mol. The minimum atomic E-state index is -1.13. The molecule has 2 aromatic carbocycles. The highest BCUT2D eigenvalue weighted by Gasteiger charge is 2.30. The van der Waals surface area contributed by atoms with E-state index in [0.717, 1.165) is 23.0 Å². The van der Waals surface area contributed by atoms with Crippen molar-refractivity contribution in [2.75, 3.05) is 6.54 Å². The molecular weight excluding hydrogens is 402 g/mol. The highest BCUT2D eigenvalue weighted by atomic mass is 19.2. The maximum Gasteiger partial charge on any atom is 0.342 e. The zero-order chi connectivity index (χ0) is 22.3. The molecule has 1 aromatic heterocycles. The van der Waals surface area contributed by atoms with E-state index in [-0.39, 0.29) is 23.8 Å². The smallest absolute Gasteiger partial charge is 0.342 e. The van der Waals surface area contributed by atoms with E-state index >= 15 is 0 Å². The number of nitrogens with one attached hydrogen (secondary N) is 1. The first-order valence-corrected chi connectivity index (χ1v) is 9.74. The summed E-state index contributed by atoms with van der Waals surface area (Å²) in [6.07, 6.45) is 1.00. The molecule has 1 aliphatic heterocycles. The normalized spacial score (nSPS) is 13.8. The van der Waals surface area contributed by atoms with Crippen molar-refractivity contribution in [3.63, 3.8) is 0 Å². The number of hydrogen-bond donors (Lipinski definition) is 1. The number of halogens is 2. The van der Waals surface area contributed by atoms with Gasteiger partial charge in [-0.05, 0) is 43.7 Å². The highest BCUT2D eigenvalue weighted by Crippen LogP contribution is 2.36. The van der Waals surface area contributed by atoms with Gasteiger partial charge in [-0.3, -0.25) is 4.79 Å². The van der Waals surface area contributed by atoms with E-state index in [9.17, 15) is 18.4 Å². The maximum absolute atomic E-state index is 13.7. The molecule has 31 heavy (non-hydrogen) atoms. The van der Waals surface area contributed by atoms with Gasteiger partial charge in [-0.2, -0.15) is 0 Å². The Morgan fingerprint density at radius 3 is 2.58 bits per heavy atom. The number of esters is 1. The van der Waals surface area contributed by atoms with Crippen molar-refractivity contribution in [3.05, 3.63) is 83.7 Å². The topological polar surface area (TPSA) is 62.4 Å². The number of para-hydroxylation sites is 1. The lowest BCUT2D eigenvalue weighted by molar-refractivity contribution is -0.140. The number of aromatic amines is 1. The largest absolute Gasteiger partial charge is 0.459 e. The maximum atomic E-state index is 13.7. The molecule has 0 unspecified atom stereocenters. The van der Waals surface area contributed by atoms with Crippen LogP contribution in [-0.2, 0) is 9.53 Å². The summed E-state index contributed by atoms with van der Waals surface area (Å²) in [6, 6.07) is 10.4. The van der Waals surface area contributed by atoms with Gasteiger partial charge in [0.05, 0.1) is 18.3 Å². The molecule has 0 saturated heterocycles. The summed E-state index contributed by atoms with van der Waals surface area (Å²) in [5.74, 6) is -3.38. The van der Waals surface area contributed by atoms with Gasteiger partial charge in [0.15, 0.2) is 11.6 Å². The first-order valence-electron chi connectivity index (χ1n) is 9.74. The zero-order valence-corrected chi connectivity index (χ0v) is 17.0. The van der Waals surface area contributed by atoms with Crippen LogP contribution >= 0.6 is 0 Å². The molecule has 1 aliphatic rings. The fourth-order valence-electron chi connectivity index (χ4n) is 3.62. The molecule has 0 saturated carbocycles. The number of ether oxygens (including phenoxy) is 1. The first-order chi connectivity index (χ1) is 14.8. The number of H-pyrrole nitrogens is 1. The first kappa shape index (κ1) is 20.5. The van der Waals surface area contributed by atoms with Crippen LogP contribution in [0.15, 0.2) is 55.2 Å². The van der Waals surface area contributed by atoms with Gasteiger partial charge in [0.2, 0.25) is 0 Å². The Morgan fingerprint density at radius 2 is 1.87 bits per heavy atom. The molecule has 0 fully saturated rings. The number of aromatic nitrogens is 1. The van der Waals surface area contributed by atoms with Gasteiger partial charge >= 0.3 is 5.97 Å². The number of nitrogens with zero attached hydrogens (tertiary/aromatic N) is 1. The van der Waals surface area contributed by atoms with Crippen LogP contribution in [0.4, 0.5) is 8.78 Å². The molecule has 2 heterocycles. The third-order valence-electron chi connectivity index (χ3n) is 4.97. The third-order valence-corrected chi connectivity index (χ3v) is 4.97. The van der Waals surface area contributed by atoms with Crippen molar-refractivity contribution in [2.24, 2.45) is 0 Å². The van der Waals surface area contributed by atoms with Crippen molar-refractivity contribution in [1.29, 1.82) is 0 Å². The van der Waals surface area contributed by atoms with Gasteiger partial charge in [-0.25, -0.2) is 13.6 Å². The zero-order valence-electron chi connectivity index (χ0n) is 17.0. The van der Waals surface area contributed by atoms with Gasteiger partial charge in [0.1, 0.15) is 5.57 Å². The third kappa shape index (κ3) is 3.74. The predicted molar refractivity (Wildman–Crippen MR) is 114 cm³/mol. The average Bonchev–Trinajstić information content (AvgIpc) is 3.04. The second-order valence-corrected chi connectivity index (χ2v) is 7.58. The molecule has 4 rings (SSSR count). The van der Waals surface area contributed by atoms with E-state index < -0.39 is 23.5 Å². The van der Waals surface area contributed by atoms with Crippen molar-refractivity contribution in [1.82, 2.24) is 9.88 Å². The van der Waals surface area contributed by atoms with E-state index in [1.807, 2.05) is 24.3 Å². The number of fused-ring (bicyclic) bond motifs is 3. The van der Waals surface area contributed by atoms with Crippen LogP contribution in [0.25, 0.3) is 22.0 Å². The lowest BCUT2D eigenvalue weighted by Crippen LogP contribution is -2.27. The quantitative estimate of drug-likeness (QED) is 0.610. The molecule has 0 aliphatic carbocycles. The molecule has 5 nitrogen and oxygen atoms in total. The fraction of sp³-hybridized carbons (Fsp3) is 0.167. The van der Waals surface area contributed by atoms with Crippen LogP contribution in [0.1, 0.15) is 35.5 Å². The summed E-state index contributed by atoms with van der Waals surface area (Å²) in [6.45, 7) is 7.63. The van der Waals surface area contributed by atoms with E-state index in [1.165, 1.54) is 17.2 Å². The molecule has 0 bridgehead atoms. The van der Waals surface area contributed by atoms with Crippen molar-refractivity contribution >= 4 is 33.9 Å². The highest BCUT2D eigenvalue weighted by molar-refractivity contribution is 6.20. The van der Waals surface area contributed by atoms with E-state index in [1.54, 1.807) is 13.8 Å². The number of carbonyl (C=O) groups excluding carboxylic acids is 2. The summed E-state index contributed by atoms with van der Waals surface area (Å²) in [5, 5.41) is 0.855. The molecule has 1 N–H and O–H groups in total. The van der Waals surface area contributed by atoms with Gasteiger partial charge in [0, 0.05) is 28.2 Å². The number of benzene rings is 2. The summed E-state index contributed by atoms with van der Waals surface area (Å²) in [7, 11) is 0. The SMILES string of the molecule is C=C1CN(C(=O)c2ccc(F)c(F)c2)C=C(C(=O)OC(C)C)c2[nH]c3ccccc3c21.